The van der Waals surface area contributed by atoms with E-state index >= 15 is 0 Å². The number of hydrogen-bond acceptors (Lipinski definition) is 1. The van der Waals surface area contributed by atoms with Crippen LogP contribution in [0.5, 0.6) is 0 Å². The van der Waals surface area contributed by atoms with E-state index in [1.807, 2.05) is 0 Å². The van der Waals surface area contributed by atoms with E-state index in [0.29, 0.717) is 0 Å². The first kappa shape index (κ1) is 16.2. The summed E-state index contributed by atoms with van der Waals surface area (Å²) in [5.41, 5.74) is -2.00. The Kier molecular flexibility index (Phi) is 4.57. The van der Waals surface area contributed by atoms with E-state index in [-0.39, 0.29) is 6.08 Å². The predicted molar refractivity (Wildman–Crippen MR) is 56.1 cm³/mol. The first-order chi connectivity index (χ1) is 9.03. The number of rotatable bonds is 3. The molecule has 1 aromatic carbocycles. The molecule has 0 fully saturated rings. The Labute approximate surface area is 108 Å². The zero-order valence-electron chi connectivity index (χ0n) is 9.60. The second-order valence-electron chi connectivity index (χ2n) is 3.79. The van der Waals surface area contributed by atoms with Crippen LogP contribution in [0.4, 0.5) is 30.7 Å². The van der Waals surface area contributed by atoms with Crippen LogP contribution in [-0.2, 0) is 4.79 Å². The molecule has 0 aliphatic carbocycles. The molecule has 0 aliphatic heterocycles. The summed E-state index contributed by atoms with van der Waals surface area (Å²) in [5.74, 6) is -3.93. The second-order valence-corrected chi connectivity index (χ2v) is 3.79. The van der Waals surface area contributed by atoms with Crippen LogP contribution in [0.2, 0.25) is 0 Å². The fourth-order valence-corrected chi connectivity index (χ4v) is 1.62. The van der Waals surface area contributed by atoms with E-state index < -0.39 is 35.4 Å². The van der Waals surface area contributed by atoms with Gasteiger partial charge in [-0.2, -0.15) is 30.7 Å². The first-order valence-corrected chi connectivity index (χ1v) is 5.13. The van der Waals surface area contributed by atoms with Gasteiger partial charge in [0, 0.05) is 6.08 Å². The van der Waals surface area contributed by atoms with E-state index in [1.165, 1.54) is 18.2 Å². The molecule has 0 atom stereocenters. The van der Waals surface area contributed by atoms with Crippen molar-refractivity contribution in [3.8, 4) is 0 Å². The zero-order valence-corrected chi connectivity index (χ0v) is 9.60. The summed E-state index contributed by atoms with van der Waals surface area (Å²) in [6.45, 7) is 0. The average molecular weight is 300 g/mol. The summed E-state index contributed by atoms with van der Waals surface area (Å²) in [5, 5.41) is 0. The Balaban J connectivity index is 3.47. The molecule has 0 amide bonds. The maximum atomic E-state index is 12.6. The van der Waals surface area contributed by atoms with E-state index in [9.17, 15) is 35.5 Å². The second kappa shape index (κ2) is 5.64. The average Bonchev–Trinajstić information content (AvgIpc) is 2.25. The molecule has 0 heterocycles. The van der Waals surface area contributed by atoms with Crippen LogP contribution in [0, 0.1) is 5.92 Å². The number of allylic oxidation sites excluding steroid dienone is 2. The lowest BCUT2D eigenvalue weighted by Crippen LogP contribution is -2.37. The molecule has 0 unspecified atom stereocenters. The largest absolute Gasteiger partial charge is 0.404 e. The predicted octanol–water partition coefficient (Wildman–Crippen LogP) is 4.31. The molecule has 110 valence electrons. The van der Waals surface area contributed by atoms with Crippen molar-refractivity contribution in [2.45, 2.75) is 12.4 Å². The monoisotopic (exact) mass is 300 g/mol. The van der Waals surface area contributed by atoms with Crippen LogP contribution in [-0.4, -0.2) is 18.4 Å². The van der Waals surface area contributed by atoms with Gasteiger partial charge >= 0.3 is 18.4 Å². The quantitative estimate of drug-likeness (QED) is 0.462. The highest BCUT2D eigenvalue weighted by Crippen LogP contribution is 2.47. The minimum Gasteiger partial charge on any atom is -0.256 e. The van der Waals surface area contributed by atoms with Crippen molar-refractivity contribution >= 4 is 11.6 Å². The third kappa shape index (κ3) is 4.07. The number of benzene rings is 1. The van der Waals surface area contributed by atoms with Gasteiger partial charge in [0.1, 0.15) is 0 Å². The fraction of sp³-hybridized carbons (Fsp3) is 0.250. The minimum atomic E-state index is -5.70. The lowest BCUT2D eigenvalue weighted by molar-refractivity contribution is -0.263. The molecule has 1 rings (SSSR count). The van der Waals surface area contributed by atoms with Crippen LogP contribution in [0.1, 0.15) is 5.56 Å². The Bertz CT molecular complexity index is 485. The van der Waals surface area contributed by atoms with Crippen molar-refractivity contribution in [1.82, 2.24) is 0 Å². The van der Waals surface area contributed by atoms with Crippen LogP contribution in [0.25, 0.3) is 5.57 Å². The molecule has 0 saturated carbocycles. The lowest BCUT2D eigenvalue weighted by Gasteiger charge is -2.25. The molecule has 0 aromatic heterocycles. The van der Waals surface area contributed by atoms with E-state index in [4.69, 9.17) is 0 Å². The van der Waals surface area contributed by atoms with Crippen molar-refractivity contribution in [2.75, 3.05) is 0 Å². The van der Waals surface area contributed by atoms with E-state index in [0.717, 1.165) is 12.1 Å². The highest BCUT2D eigenvalue weighted by molar-refractivity contribution is 5.91. The molecule has 1 nitrogen and oxygen atoms in total. The standard InChI is InChI=1S/C12H7F7O/c13-9(20)6-8(7-4-2-1-3-5-7)10(11(14,15)16)12(17,18)19/h1-6,10H. The normalized spacial score (nSPS) is 13.7. The molecule has 0 N–H and O–H groups in total. The van der Waals surface area contributed by atoms with Gasteiger partial charge in [0.05, 0.1) is 0 Å². The third-order valence-corrected chi connectivity index (χ3v) is 2.34. The van der Waals surface area contributed by atoms with Gasteiger partial charge in [0.2, 0.25) is 0 Å². The summed E-state index contributed by atoms with van der Waals surface area (Å²) < 4.78 is 88.0. The fourth-order valence-electron chi connectivity index (χ4n) is 1.62. The van der Waals surface area contributed by atoms with Crippen LogP contribution < -0.4 is 0 Å². The maximum Gasteiger partial charge on any atom is 0.404 e. The zero-order chi connectivity index (χ0) is 15.6. The van der Waals surface area contributed by atoms with Crippen molar-refractivity contribution in [2.24, 2.45) is 5.92 Å². The molecule has 0 bridgehead atoms. The number of halogens is 7. The highest BCUT2D eigenvalue weighted by Gasteiger charge is 2.58. The van der Waals surface area contributed by atoms with Gasteiger partial charge in [-0.25, -0.2) is 0 Å². The topological polar surface area (TPSA) is 17.1 Å². The Morgan fingerprint density at radius 1 is 0.950 bits per heavy atom. The van der Waals surface area contributed by atoms with E-state index in [2.05, 4.69) is 0 Å². The van der Waals surface area contributed by atoms with Crippen LogP contribution >= 0.6 is 0 Å². The molecule has 0 aliphatic rings. The SMILES string of the molecule is O=C(F)C=C(c1ccccc1)C(C(F)(F)F)C(F)(F)F. The summed E-state index contributed by atoms with van der Waals surface area (Å²) >= 11 is 0. The number of alkyl halides is 6. The van der Waals surface area contributed by atoms with Crippen molar-refractivity contribution in [3.63, 3.8) is 0 Å². The van der Waals surface area contributed by atoms with Crippen molar-refractivity contribution < 1.29 is 35.5 Å². The van der Waals surface area contributed by atoms with Crippen molar-refractivity contribution in [3.05, 3.63) is 42.0 Å². The van der Waals surface area contributed by atoms with Gasteiger partial charge in [-0.05, 0) is 11.1 Å². The molecule has 0 spiro atoms. The van der Waals surface area contributed by atoms with Gasteiger partial charge in [-0.1, -0.05) is 30.3 Å². The van der Waals surface area contributed by atoms with Gasteiger partial charge in [0.25, 0.3) is 0 Å². The van der Waals surface area contributed by atoms with Crippen LogP contribution in [0.3, 0.4) is 0 Å². The maximum absolute atomic E-state index is 12.6. The lowest BCUT2D eigenvalue weighted by atomic mass is 9.91. The molecule has 8 heteroatoms. The summed E-state index contributed by atoms with van der Waals surface area (Å²) in [7, 11) is 0. The smallest absolute Gasteiger partial charge is 0.256 e. The number of carbonyl (C=O) groups excluding carboxylic acids is 1. The molecule has 0 saturated heterocycles. The number of hydrogen-bond donors (Lipinski definition) is 0. The van der Waals surface area contributed by atoms with Gasteiger partial charge in [-0.3, -0.25) is 4.79 Å². The van der Waals surface area contributed by atoms with Gasteiger partial charge < -0.3 is 0 Å². The Hall–Kier alpha value is -1.86. The Morgan fingerprint density at radius 3 is 1.75 bits per heavy atom. The highest BCUT2D eigenvalue weighted by atomic mass is 19.4. The van der Waals surface area contributed by atoms with E-state index in [1.54, 1.807) is 0 Å². The van der Waals surface area contributed by atoms with Crippen molar-refractivity contribution in [1.29, 1.82) is 0 Å². The summed E-state index contributed by atoms with van der Waals surface area (Å²) in [4.78, 5) is 10.3. The summed E-state index contributed by atoms with van der Waals surface area (Å²) in [6, 6.07) is 3.18. The molecule has 20 heavy (non-hydrogen) atoms. The summed E-state index contributed by atoms with van der Waals surface area (Å²) in [6.07, 6.45) is -11.7. The van der Waals surface area contributed by atoms with Crippen LogP contribution in [0.15, 0.2) is 36.4 Å². The molecular formula is C12H7F7O. The van der Waals surface area contributed by atoms with Gasteiger partial charge in [0.15, 0.2) is 5.92 Å². The minimum absolute atomic E-state index is 0.291. The first-order valence-electron chi connectivity index (χ1n) is 5.13. The third-order valence-electron chi connectivity index (χ3n) is 2.34. The molecule has 0 radical (unpaired) electrons. The number of carbonyl (C=O) groups is 1. The Morgan fingerprint density at radius 2 is 1.40 bits per heavy atom. The molecular weight excluding hydrogens is 293 g/mol. The molecule has 1 aromatic rings. The van der Waals surface area contributed by atoms with Gasteiger partial charge in [-0.15, -0.1) is 0 Å².